The molecule has 0 aromatic heterocycles. The van der Waals surface area contributed by atoms with Gasteiger partial charge in [-0.05, 0) is 18.8 Å². The zero-order valence-electron chi connectivity index (χ0n) is 11.5. The van der Waals surface area contributed by atoms with Crippen LogP contribution in [-0.4, -0.2) is 0 Å². The van der Waals surface area contributed by atoms with Crippen LogP contribution >= 0.6 is 0 Å². The van der Waals surface area contributed by atoms with Gasteiger partial charge in [-0.2, -0.15) is 11.3 Å². The van der Waals surface area contributed by atoms with Gasteiger partial charge in [0.2, 0.25) is 0 Å². The van der Waals surface area contributed by atoms with Gasteiger partial charge in [0.25, 0.3) is 0 Å². The average molecular weight is 371 g/mol. The Bertz CT molecular complexity index is 635. The maximum atomic E-state index is 3.79. The standard InChI is InChI=1S/C16H17.2ClH.Zr/c1-9-4-11-5-12(9)14-8-16(3)7-10(2)15(16)13(14)6-11;;;/h5-6,9-10H,4,7H2,1-3H3;2*1H;/q-1;;;+3/p-2. The maximum absolute atomic E-state index is 3.79. The fraction of sp³-hybridized carbons (Fsp3) is 0.500. The maximum Gasteiger partial charge on any atom is 3.00 e. The first-order valence-corrected chi connectivity index (χ1v) is 6.41. The Balaban J connectivity index is 0.000000602. The third-order valence-corrected chi connectivity index (χ3v) is 4.79. The van der Waals surface area contributed by atoms with E-state index in [0.717, 1.165) is 5.92 Å². The van der Waals surface area contributed by atoms with Gasteiger partial charge >= 0.3 is 26.2 Å². The minimum absolute atomic E-state index is 0. The second kappa shape index (κ2) is 5.32. The zero-order valence-corrected chi connectivity index (χ0v) is 15.4. The van der Waals surface area contributed by atoms with Crippen molar-refractivity contribution in [1.29, 1.82) is 0 Å². The van der Waals surface area contributed by atoms with Crippen molar-refractivity contribution in [3.05, 3.63) is 33.7 Å². The van der Waals surface area contributed by atoms with Crippen LogP contribution in [0.4, 0.5) is 0 Å². The van der Waals surface area contributed by atoms with Crippen LogP contribution in [0.25, 0.3) is 11.6 Å². The largest absolute Gasteiger partial charge is 3.00 e. The van der Waals surface area contributed by atoms with E-state index < -0.39 is 0 Å². The molecule has 1 aromatic rings. The fourth-order valence-corrected chi connectivity index (χ4v) is 4.24. The molecular weight excluding hydrogens is 354 g/mol. The number of halogens is 2. The molecule has 1 aromatic carbocycles. The summed E-state index contributed by atoms with van der Waals surface area (Å²) < 4.78 is 0. The summed E-state index contributed by atoms with van der Waals surface area (Å²) >= 11 is 0. The SMILES string of the molecule is CC1CC2(C)[C-]=c3c4cc(cc3=C12)CC4C.[Cl-].[Cl-].[Zr+3]. The second-order valence-electron chi connectivity index (χ2n) is 6.19. The molecule has 0 N–H and O–H groups in total. The normalized spacial score (nSPS) is 31.8. The predicted octanol–water partition coefficient (Wildman–Crippen LogP) is -3.78. The van der Waals surface area contributed by atoms with Gasteiger partial charge in [-0.1, -0.05) is 37.7 Å². The van der Waals surface area contributed by atoms with Crippen molar-refractivity contribution in [2.24, 2.45) is 11.3 Å². The Morgan fingerprint density at radius 2 is 1.84 bits per heavy atom. The third-order valence-electron chi connectivity index (χ3n) is 4.79. The molecule has 0 saturated heterocycles. The van der Waals surface area contributed by atoms with Crippen LogP contribution < -0.4 is 35.3 Å². The van der Waals surface area contributed by atoms with Gasteiger partial charge in [0.15, 0.2) is 0 Å². The van der Waals surface area contributed by atoms with Gasteiger partial charge in [0.05, 0.1) is 0 Å². The van der Waals surface area contributed by atoms with Crippen molar-refractivity contribution < 1.29 is 51.0 Å². The van der Waals surface area contributed by atoms with Gasteiger partial charge in [-0.3, -0.25) is 0 Å². The summed E-state index contributed by atoms with van der Waals surface area (Å²) in [5.41, 5.74) is 5.05. The predicted molar refractivity (Wildman–Crippen MR) is 66.5 cm³/mol. The first kappa shape index (κ1) is 17.5. The van der Waals surface area contributed by atoms with E-state index in [1.807, 2.05) is 0 Å². The Morgan fingerprint density at radius 3 is 2.47 bits per heavy atom. The molecule has 19 heavy (non-hydrogen) atoms. The van der Waals surface area contributed by atoms with Gasteiger partial charge in [0, 0.05) is 0 Å². The van der Waals surface area contributed by atoms with Gasteiger partial charge in [-0.25, -0.2) is 0 Å². The number of fused-ring (bicyclic) bond motifs is 5. The van der Waals surface area contributed by atoms with E-state index in [9.17, 15) is 0 Å². The summed E-state index contributed by atoms with van der Waals surface area (Å²) in [5.74, 6) is 1.48. The summed E-state index contributed by atoms with van der Waals surface area (Å²) in [5, 5.41) is 2.99. The van der Waals surface area contributed by atoms with E-state index in [-0.39, 0.29) is 56.4 Å². The molecule has 0 heterocycles. The molecule has 0 spiro atoms. The molecule has 0 aliphatic heterocycles. The van der Waals surface area contributed by atoms with Crippen LogP contribution in [0.15, 0.2) is 12.1 Å². The number of hydrogen-bond acceptors (Lipinski definition) is 0. The topological polar surface area (TPSA) is 0 Å². The van der Waals surface area contributed by atoms with Crippen molar-refractivity contribution in [1.82, 2.24) is 0 Å². The van der Waals surface area contributed by atoms with E-state index >= 15 is 0 Å². The van der Waals surface area contributed by atoms with E-state index in [1.165, 1.54) is 23.3 Å². The molecule has 3 aliphatic carbocycles. The fourth-order valence-electron chi connectivity index (χ4n) is 4.24. The van der Waals surface area contributed by atoms with Crippen LogP contribution in [-0.2, 0) is 32.6 Å². The number of benzene rings is 1. The number of rotatable bonds is 0. The van der Waals surface area contributed by atoms with Crippen molar-refractivity contribution >= 4 is 11.6 Å². The molecule has 3 unspecified atom stereocenters. The molecule has 2 bridgehead atoms. The van der Waals surface area contributed by atoms with Crippen LogP contribution in [0.3, 0.4) is 0 Å². The molecular formula is C16H17Cl2Zr. The molecule has 99 valence electrons. The first-order chi connectivity index (χ1) is 7.58. The van der Waals surface area contributed by atoms with E-state index in [1.54, 1.807) is 16.7 Å². The van der Waals surface area contributed by atoms with Crippen LogP contribution in [0.2, 0.25) is 0 Å². The minimum atomic E-state index is 0. The Hall–Kier alpha value is 0.423. The van der Waals surface area contributed by atoms with Crippen molar-refractivity contribution in [2.45, 2.75) is 39.5 Å². The van der Waals surface area contributed by atoms with Gasteiger partial charge in [0.1, 0.15) is 0 Å². The van der Waals surface area contributed by atoms with Crippen molar-refractivity contribution in [3.8, 4) is 0 Å². The summed E-state index contributed by atoms with van der Waals surface area (Å²) in [6, 6.07) is 4.83. The molecule has 0 nitrogen and oxygen atoms in total. The van der Waals surface area contributed by atoms with Crippen molar-refractivity contribution in [3.63, 3.8) is 0 Å². The third kappa shape index (κ3) is 2.12. The average Bonchev–Trinajstić information content (AvgIpc) is 2.60. The van der Waals surface area contributed by atoms with Gasteiger partial charge in [-0.15, -0.1) is 28.5 Å². The van der Waals surface area contributed by atoms with Crippen LogP contribution in [0.5, 0.6) is 0 Å². The Labute approximate surface area is 146 Å². The summed E-state index contributed by atoms with van der Waals surface area (Å²) in [4.78, 5) is 0. The molecule has 0 amide bonds. The van der Waals surface area contributed by atoms with Crippen LogP contribution in [0, 0.1) is 11.3 Å². The minimum Gasteiger partial charge on any atom is -1.00 e. The van der Waals surface area contributed by atoms with E-state index in [0.29, 0.717) is 5.92 Å². The summed E-state index contributed by atoms with van der Waals surface area (Å²) in [6.07, 6.45) is 6.32. The van der Waals surface area contributed by atoms with Crippen molar-refractivity contribution in [2.75, 3.05) is 0 Å². The summed E-state index contributed by atoms with van der Waals surface area (Å²) in [6.45, 7) is 7.07. The quantitative estimate of drug-likeness (QED) is 0.411. The molecule has 1 fully saturated rings. The molecule has 1 saturated carbocycles. The Morgan fingerprint density at radius 1 is 1.16 bits per heavy atom. The van der Waals surface area contributed by atoms with Gasteiger partial charge < -0.3 is 24.8 Å². The smallest absolute Gasteiger partial charge is 1.00 e. The molecule has 3 heteroatoms. The summed E-state index contributed by atoms with van der Waals surface area (Å²) in [7, 11) is 0. The molecule has 3 aliphatic rings. The zero-order chi connectivity index (χ0) is 11.1. The number of hydrogen-bond donors (Lipinski definition) is 0. The second-order valence-corrected chi connectivity index (χ2v) is 6.19. The van der Waals surface area contributed by atoms with Crippen LogP contribution in [0.1, 0.15) is 44.2 Å². The Kier molecular flexibility index (Phi) is 4.89. The molecule has 4 rings (SSSR count). The first-order valence-electron chi connectivity index (χ1n) is 6.41. The molecule has 1 radical (unpaired) electrons. The van der Waals surface area contributed by atoms with E-state index in [4.69, 9.17) is 0 Å². The van der Waals surface area contributed by atoms with E-state index in [2.05, 4.69) is 39.0 Å². The monoisotopic (exact) mass is 369 g/mol. The molecule has 3 atom stereocenters.